The molecule has 3 nitrogen and oxygen atoms in total. The normalized spacial score (nSPS) is 11.3. The van der Waals surface area contributed by atoms with E-state index < -0.39 is 0 Å². The molecule has 0 radical (unpaired) electrons. The van der Waals surface area contributed by atoms with Gasteiger partial charge in [-0.3, -0.25) is 4.90 Å². The van der Waals surface area contributed by atoms with Gasteiger partial charge >= 0.3 is 0 Å². The van der Waals surface area contributed by atoms with Crippen molar-refractivity contribution in [3.63, 3.8) is 0 Å². The molecule has 0 aliphatic rings. The van der Waals surface area contributed by atoms with Crippen LogP contribution in [0, 0.1) is 0 Å². The van der Waals surface area contributed by atoms with Crippen LogP contribution in [0.3, 0.4) is 0 Å². The van der Waals surface area contributed by atoms with Crippen LogP contribution < -0.4 is 0 Å². The van der Waals surface area contributed by atoms with Crippen molar-refractivity contribution >= 4 is 10.8 Å². The molecule has 0 atom stereocenters. The Labute approximate surface area is 108 Å². The smallest absolute Gasteiger partial charge is 0.120 e. The molecule has 0 amide bonds. The Kier molecular flexibility index (Phi) is 4.18. The van der Waals surface area contributed by atoms with E-state index in [1.165, 1.54) is 0 Å². The molecule has 0 aliphatic heterocycles. The number of ether oxygens (including phenoxy) is 1. The lowest BCUT2D eigenvalue weighted by Crippen LogP contribution is -2.22. The summed E-state index contributed by atoms with van der Waals surface area (Å²) in [5.74, 6) is 0.359. The number of phenols is 1. The molecule has 0 bridgehead atoms. The van der Waals surface area contributed by atoms with Crippen molar-refractivity contribution in [3.05, 3.63) is 42.0 Å². The highest BCUT2D eigenvalue weighted by Crippen LogP contribution is 2.27. The van der Waals surface area contributed by atoms with Crippen LogP contribution in [0.25, 0.3) is 10.8 Å². The van der Waals surface area contributed by atoms with E-state index in [2.05, 4.69) is 17.0 Å². The third kappa shape index (κ3) is 2.81. The number of likely N-dealkylation sites (N-methyl/N-ethyl adjacent to an activating group) is 1. The molecule has 18 heavy (non-hydrogen) atoms. The molecule has 0 aromatic heterocycles. The molecule has 0 saturated heterocycles. The quantitative estimate of drug-likeness (QED) is 0.879. The van der Waals surface area contributed by atoms with Crippen LogP contribution >= 0.6 is 0 Å². The van der Waals surface area contributed by atoms with E-state index in [4.69, 9.17) is 4.74 Å². The van der Waals surface area contributed by atoms with E-state index in [-0.39, 0.29) is 0 Å². The van der Waals surface area contributed by atoms with E-state index in [1.807, 2.05) is 25.2 Å². The number of rotatable bonds is 5. The maximum absolute atomic E-state index is 10.0. The second-order valence-electron chi connectivity index (χ2n) is 4.51. The van der Waals surface area contributed by atoms with Crippen LogP contribution in [0.15, 0.2) is 36.4 Å². The summed E-state index contributed by atoms with van der Waals surface area (Å²) >= 11 is 0. The molecular weight excluding hydrogens is 226 g/mol. The van der Waals surface area contributed by atoms with Crippen molar-refractivity contribution in [2.24, 2.45) is 0 Å². The summed E-state index contributed by atoms with van der Waals surface area (Å²) in [4.78, 5) is 2.14. The van der Waals surface area contributed by atoms with Gasteiger partial charge in [0, 0.05) is 25.8 Å². The minimum Gasteiger partial charge on any atom is -0.508 e. The van der Waals surface area contributed by atoms with Gasteiger partial charge in [0.25, 0.3) is 0 Å². The predicted molar refractivity (Wildman–Crippen MR) is 73.8 cm³/mol. The van der Waals surface area contributed by atoms with Crippen molar-refractivity contribution in [2.75, 3.05) is 27.3 Å². The van der Waals surface area contributed by atoms with Crippen molar-refractivity contribution in [1.82, 2.24) is 4.90 Å². The first kappa shape index (κ1) is 12.9. The first-order valence-corrected chi connectivity index (χ1v) is 6.09. The number of aromatic hydroxyl groups is 1. The zero-order chi connectivity index (χ0) is 13.0. The topological polar surface area (TPSA) is 32.7 Å². The van der Waals surface area contributed by atoms with Gasteiger partial charge in [-0.1, -0.05) is 30.3 Å². The van der Waals surface area contributed by atoms with E-state index in [1.54, 1.807) is 13.2 Å². The largest absolute Gasteiger partial charge is 0.508 e. The molecule has 0 spiro atoms. The fourth-order valence-electron chi connectivity index (χ4n) is 2.09. The lowest BCUT2D eigenvalue weighted by molar-refractivity contribution is 0.158. The summed E-state index contributed by atoms with van der Waals surface area (Å²) in [6.07, 6.45) is 0. The monoisotopic (exact) mass is 245 g/mol. The van der Waals surface area contributed by atoms with Crippen molar-refractivity contribution in [2.45, 2.75) is 6.54 Å². The second-order valence-corrected chi connectivity index (χ2v) is 4.51. The van der Waals surface area contributed by atoms with Crippen LogP contribution in [-0.4, -0.2) is 37.3 Å². The van der Waals surface area contributed by atoms with Crippen molar-refractivity contribution in [3.8, 4) is 5.75 Å². The predicted octanol–water partition coefficient (Wildman–Crippen LogP) is 2.62. The van der Waals surface area contributed by atoms with E-state index in [0.717, 1.165) is 29.4 Å². The van der Waals surface area contributed by atoms with Gasteiger partial charge in [0.1, 0.15) is 5.75 Å². The summed E-state index contributed by atoms with van der Waals surface area (Å²) < 4.78 is 5.06. The first-order valence-electron chi connectivity index (χ1n) is 6.09. The molecule has 3 heteroatoms. The van der Waals surface area contributed by atoms with E-state index in [9.17, 15) is 5.11 Å². The molecule has 1 N–H and O–H groups in total. The van der Waals surface area contributed by atoms with E-state index in [0.29, 0.717) is 12.4 Å². The summed E-state index contributed by atoms with van der Waals surface area (Å²) in [5.41, 5.74) is 0.978. The number of nitrogens with zero attached hydrogens (tertiary/aromatic N) is 1. The number of fused-ring (bicyclic) bond motifs is 1. The van der Waals surface area contributed by atoms with Gasteiger partial charge in [-0.05, 0) is 23.9 Å². The second kappa shape index (κ2) is 5.85. The number of phenolic OH excluding ortho intramolecular Hbond substituents is 1. The molecule has 0 fully saturated rings. The van der Waals surface area contributed by atoms with Crippen molar-refractivity contribution in [1.29, 1.82) is 0 Å². The van der Waals surface area contributed by atoms with Gasteiger partial charge in [0.2, 0.25) is 0 Å². The third-order valence-electron chi connectivity index (χ3n) is 3.12. The molecule has 2 rings (SSSR count). The number of benzene rings is 2. The van der Waals surface area contributed by atoms with Gasteiger partial charge in [-0.2, -0.15) is 0 Å². The highest BCUT2D eigenvalue weighted by molar-refractivity contribution is 5.87. The van der Waals surface area contributed by atoms with Gasteiger partial charge in [-0.25, -0.2) is 0 Å². The van der Waals surface area contributed by atoms with Crippen LogP contribution in [0.4, 0.5) is 0 Å². The summed E-state index contributed by atoms with van der Waals surface area (Å²) in [6, 6.07) is 11.8. The molecule has 2 aromatic rings. The Morgan fingerprint density at radius 2 is 1.94 bits per heavy atom. The number of methoxy groups -OCH3 is 1. The molecular formula is C15H19NO2. The number of hydrogen-bond donors (Lipinski definition) is 1. The fraction of sp³-hybridized carbons (Fsp3) is 0.333. The minimum absolute atomic E-state index is 0.359. The third-order valence-corrected chi connectivity index (χ3v) is 3.12. The summed E-state index contributed by atoms with van der Waals surface area (Å²) in [5, 5.41) is 12.3. The summed E-state index contributed by atoms with van der Waals surface area (Å²) in [7, 11) is 3.73. The Morgan fingerprint density at radius 3 is 2.72 bits per heavy atom. The average Bonchev–Trinajstić information content (AvgIpc) is 2.40. The molecule has 2 aromatic carbocycles. The molecule has 0 saturated carbocycles. The zero-order valence-corrected chi connectivity index (χ0v) is 10.9. The Balaban J connectivity index is 2.28. The van der Waals surface area contributed by atoms with Crippen molar-refractivity contribution < 1.29 is 9.84 Å². The van der Waals surface area contributed by atoms with Crippen LogP contribution in [0.2, 0.25) is 0 Å². The lowest BCUT2D eigenvalue weighted by atomic mass is 10.0. The molecule has 96 valence electrons. The average molecular weight is 245 g/mol. The van der Waals surface area contributed by atoms with Crippen LogP contribution in [0.1, 0.15) is 5.56 Å². The first-order chi connectivity index (χ1) is 8.72. The Bertz CT molecular complexity index is 525. The lowest BCUT2D eigenvalue weighted by Gasteiger charge is -2.18. The highest BCUT2D eigenvalue weighted by Gasteiger charge is 2.09. The van der Waals surface area contributed by atoms with Gasteiger partial charge in [0.05, 0.1) is 6.61 Å². The van der Waals surface area contributed by atoms with E-state index >= 15 is 0 Å². The highest BCUT2D eigenvalue weighted by atomic mass is 16.5. The Hall–Kier alpha value is -1.58. The molecule has 0 heterocycles. The number of hydrogen-bond acceptors (Lipinski definition) is 3. The maximum atomic E-state index is 10.0. The minimum atomic E-state index is 0.359. The fourth-order valence-corrected chi connectivity index (χ4v) is 2.09. The van der Waals surface area contributed by atoms with Gasteiger partial charge < -0.3 is 9.84 Å². The maximum Gasteiger partial charge on any atom is 0.120 e. The standard InChI is InChI=1S/C15H19NO2/c1-16(9-10-18-2)11-14-13-6-4-3-5-12(13)7-8-15(14)17/h3-8,17H,9-11H2,1-2H3. The molecule has 0 aliphatic carbocycles. The SMILES string of the molecule is COCCN(C)Cc1c(O)ccc2ccccc12. The zero-order valence-electron chi connectivity index (χ0n) is 10.9. The van der Waals surface area contributed by atoms with Crippen LogP contribution in [-0.2, 0) is 11.3 Å². The summed E-state index contributed by atoms with van der Waals surface area (Å²) in [6.45, 7) is 2.26. The molecule has 0 unspecified atom stereocenters. The van der Waals surface area contributed by atoms with Gasteiger partial charge in [0.15, 0.2) is 0 Å². The Morgan fingerprint density at radius 1 is 1.17 bits per heavy atom. The van der Waals surface area contributed by atoms with Crippen LogP contribution in [0.5, 0.6) is 5.75 Å². The van der Waals surface area contributed by atoms with Gasteiger partial charge in [-0.15, -0.1) is 0 Å².